The van der Waals surface area contributed by atoms with Gasteiger partial charge in [-0.25, -0.2) is 4.98 Å². The molecule has 2 rings (SSSR count). The van der Waals surface area contributed by atoms with Crippen molar-refractivity contribution in [3.8, 4) is 16.3 Å². The fourth-order valence-electron chi connectivity index (χ4n) is 1.44. The molecule has 3 nitrogen and oxygen atoms in total. The molecular formula is C11H11ClN2OS. The van der Waals surface area contributed by atoms with E-state index >= 15 is 0 Å². The van der Waals surface area contributed by atoms with Gasteiger partial charge in [-0.15, -0.1) is 11.3 Å². The number of nitrogens with zero attached hydrogens (tertiary/aromatic N) is 1. The number of nitrogens with two attached hydrogens (primary N) is 1. The minimum atomic E-state index is 0.195. The van der Waals surface area contributed by atoms with E-state index in [4.69, 9.17) is 17.3 Å². The summed E-state index contributed by atoms with van der Waals surface area (Å²) in [6, 6.07) is 5.25. The molecule has 0 fully saturated rings. The fourth-order valence-corrected chi connectivity index (χ4v) is 2.69. The Kier molecular flexibility index (Phi) is 3.14. The van der Waals surface area contributed by atoms with E-state index < -0.39 is 0 Å². The molecule has 0 aliphatic rings. The van der Waals surface area contributed by atoms with Crippen molar-refractivity contribution in [2.45, 2.75) is 13.5 Å². The molecule has 84 valence electrons. The molecule has 2 aromatic heterocycles. The van der Waals surface area contributed by atoms with Crippen LogP contribution in [0.5, 0.6) is 5.75 Å². The Labute approximate surface area is 103 Å². The van der Waals surface area contributed by atoms with Crippen LogP contribution in [0.2, 0.25) is 4.34 Å². The van der Waals surface area contributed by atoms with E-state index in [1.807, 2.05) is 6.07 Å². The molecule has 2 heterocycles. The van der Waals surface area contributed by atoms with Gasteiger partial charge in [-0.05, 0) is 30.7 Å². The molecule has 0 saturated carbocycles. The number of thiophene rings is 1. The third kappa shape index (κ3) is 2.04. The normalized spacial score (nSPS) is 10.7. The summed E-state index contributed by atoms with van der Waals surface area (Å²) in [5.41, 5.74) is 8.02. The van der Waals surface area contributed by atoms with Crippen LogP contribution in [0.25, 0.3) is 10.6 Å². The zero-order chi connectivity index (χ0) is 11.7. The van der Waals surface area contributed by atoms with Gasteiger partial charge in [0.1, 0.15) is 5.75 Å². The lowest BCUT2D eigenvalue weighted by Gasteiger charge is -2.03. The highest BCUT2D eigenvalue weighted by Crippen LogP contribution is 2.35. The number of aryl methyl sites for hydroxylation is 1. The number of halogens is 1. The van der Waals surface area contributed by atoms with Crippen LogP contribution in [0.3, 0.4) is 0 Å². The number of hydrogen-bond donors (Lipinski definition) is 2. The maximum Gasteiger partial charge on any atom is 0.136 e. The van der Waals surface area contributed by atoms with Gasteiger partial charge in [0.15, 0.2) is 0 Å². The number of hydrogen-bond acceptors (Lipinski definition) is 4. The Morgan fingerprint density at radius 1 is 1.50 bits per heavy atom. The van der Waals surface area contributed by atoms with Crippen LogP contribution in [-0.2, 0) is 6.54 Å². The van der Waals surface area contributed by atoms with Crippen LogP contribution >= 0.6 is 22.9 Å². The molecule has 16 heavy (non-hydrogen) atoms. The molecule has 0 atom stereocenters. The van der Waals surface area contributed by atoms with Gasteiger partial charge in [0, 0.05) is 6.54 Å². The maximum absolute atomic E-state index is 9.41. The van der Waals surface area contributed by atoms with E-state index in [0.29, 0.717) is 16.6 Å². The predicted octanol–water partition coefficient (Wildman–Crippen LogP) is 2.94. The Morgan fingerprint density at radius 2 is 2.25 bits per heavy atom. The van der Waals surface area contributed by atoms with Crippen LogP contribution in [0.1, 0.15) is 11.3 Å². The SMILES string of the molecule is Cc1nc(-c2sc(Cl)cc2CN)ccc1O. The molecule has 5 heteroatoms. The van der Waals surface area contributed by atoms with Gasteiger partial charge in [0.25, 0.3) is 0 Å². The highest BCUT2D eigenvalue weighted by molar-refractivity contribution is 7.19. The summed E-state index contributed by atoms with van der Waals surface area (Å²) in [5, 5.41) is 9.41. The molecule has 0 spiro atoms. The Balaban J connectivity index is 2.53. The molecule has 3 N–H and O–H groups in total. The van der Waals surface area contributed by atoms with Crippen molar-refractivity contribution in [1.29, 1.82) is 0 Å². The quantitative estimate of drug-likeness (QED) is 0.866. The first-order valence-corrected chi connectivity index (χ1v) is 5.96. The second-order valence-corrected chi connectivity index (χ2v) is 5.09. The molecule has 0 unspecified atom stereocenters. The average Bonchev–Trinajstić information content (AvgIpc) is 2.63. The van der Waals surface area contributed by atoms with Gasteiger partial charge >= 0.3 is 0 Å². The summed E-state index contributed by atoms with van der Waals surface area (Å²) in [4.78, 5) is 5.28. The molecule has 0 radical (unpaired) electrons. The zero-order valence-electron chi connectivity index (χ0n) is 8.70. The van der Waals surface area contributed by atoms with Crippen molar-refractivity contribution in [2.24, 2.45) is 5.73 Å². The zero-order valence-corrected chi connectivity index (χ0v) is 10.3. The van der Waals surface area contributed by atoms with E-state index in [2.05, 4.69) is 4.98 Å². The van der Waals surface area contributed by atoms with Gasteiger partial charge in [0.05, 0.1) is 20.6 Å². The predicted molar refractivity (Wildman–Crippen MR) is 66.9 cm³/mol. The van der Waals surface area contributed by atoms with Crippen LogP contribution in [-0.4, -0.2) is 10.1 Å². The first-order chi connectivity index (χ1) is 7.61. The number of aromatic hydroxyl groups is 1. The smallest absolute Gasteiger partial charge is 0.136 e. The van der Waals surface area contributed by atoms with Gasteiger partial charge in [-0.3, -0.25) is 0 Å². The molecule has 0 saturated heterocycles. The van der Waals surface area contributed by atoms with Gasteiger partial charge in [-0.2, -0.15) is 0 Å². The van der Waals surface area contributed by atoms with E-state index in [-0.39, 0.29) is 5.75 Å². The molecule has 0 aromatic carbocycles. The third-order valence-electron chi connectivity index (χ3n) is 2.29. The van der Waals surface area contributed by atoms with Gasteiger partial charge in [-0.1, -0.05) is 11.6 Å². The highest BCUT2D eigenvalue weighted by Gasteiger charge is 2.11. The average molecular weight is 255 g/mol. The van der Waals surface area contributed by atoms with E-state index in [1.54, 1.807) is 19.1 Å². The maximum atomic E-state index is 9.41. The number of aromatic nitrogens is 1. The van der Waals surface area contributed by atoms with E-state index in [1.165, 1.54) is 11.3 Å². The second kappa shape index (κ2) is 4.41. The molecule has 0 aliphatic carbocycles. The first-order valence-electron chi connectivity index (χ1n) is 4.77. The second-order valence-electron chi connectivity index (χ2n) is 3.41. The van der Waals surface area contributed by atoms with Crippen molar-refractivity contribution in [2.75, 3.05) is 0 Å². The van der Waals surface area contributed by atoms with Crippen molar-refractivity contribution in [3.63, 3.8) is 0 Å². The highest BCUT2D eigenvalue weighted by atomic mass is 35.5. The Hall–Kier alpha value is -1.10. The molecule has 0 aliphatic heterocycles. The van der Waals surface area contributed by atoms with Gasteiger partial charge in [0.2, 0.25) is 0 Å². The molecule has 2 aromatic rings. The summed E-state index contributed by atoms with van der Waals surface area (Å²) < 4.78 is 0.697. The van der Waals surface area contributed by atoms with E-state index in [0.717, 1.165) is 16.1 Å². The third-order valence-corrected chi connectivity index (χ3v) is 3.62. The lowest BCUT2D eigenvalue weighted by atomic mass is 10.2. The monoisotopic (exact) mass is 254 g/mol. The largest absolute Gasteiger partial charge is 0.506 e. The molecule has 0 bridgehead atoms. The lowest BCUT2D eigenvalue weighted by molar-refractivity contribution is 0.468. The summed E-state index contributed by atoms with van der Waals surface area (Å²) in [6.45, 7) is 2.19. The lowest BCUT2D eigenvalue weighted by Crippen LogP contribution is -1.96. The summed E-state index contributed by atoms with van der Waals surface area (Å²) >= 11 is 7.40. The van der Waals surface area contributed by atoms with Crippen LogP contribution in [0.4, 0.5) is 0 Å². The summed E-state index contributed by atoms with van der Waals surface area (Å²) in [6.07, 6.45) is 0. The molecular weight excluding hydrogens is 244 g/mol. The summed E-state index contributed by atoms with van der Waals surface area (Å²) in [5.74, 6) is 0.195. The van der Waals surface area contributed by atoms with Crippen LogP contribution in [0, 0.1) is 6.92 Å². The van der Waals surface area contributed by atoms with Crippen molar-refractivity contribution < 1.29 is 5.11 Å². The standard InChI is InChI=1S/C11H11ClN2OS/c1-6-9(15)3-2-8(14-6)11-7(5-13)4-10(12)16-11/h2-4,15H,5,13H2,1H3. The first kappa shape index (κ1) is 11.4. The number of rotatable bonds is 2. The minimum absolute atomic E-state index is 0.195. The molecule has 0 amide bonds. The minimum Gasteiger partial charge on any atom is -0.506 e. The van der Waals surface area contributed by atoms with Crippen molar-refractivity contribution >= 4 is 22.9 Å². The van der Waals surface area contributed by atoms with Crippen LogP contribution < -0.4 is 5.73 Å². The Morgan fingerprint density at radius 3 is 2.88 bits per heavy atom. The number of pyridine rings is 1. The fraction of sp³-hybridized carbons (Fsp3) is 0.182. The van der Waals surface area contributed by atoms with Crippen molar-refractivity contribution in [1.82, 2.24) is 4.98 Å². The topological polar surface area (TPSA) is 59.1 Å². The van der Waals surface area contributed by atoms with Crippen LogP contribution in [0.15, 0.2) is 18.2 Å². The van der Waals surface area contributed by atoms with Gasteiger partial charge < -0.3 is 10.8 Å². The van der Waals surface area contributed by atoms with Crippen molar-refractivity contribution in [3.05, 3.63) is 33.8 Å². The summed E-state index contributed by atoms with van der Waals surface area (Å²) in [7, 11) is 0. The van der Waals surface area contributed by atoms with E-state index in [9.17, 15) is 5.11 Å². The Bertz CT molecular complexity index is 525.